The number of hydrogen-bond acceptors (Lipinski definition) is 2. The van der Waals surface area contributed by atoms with Crippen LogP contribution in [0.2, 0.25) is 0 Å². The van der Waals surface area contributed by atoms with Gasteiger partial charge in [-0.05, 0) is 238 Å². The third kappa shape index (κ3) is 8.03. The topological polar surface area (TPSA) is 6.48 Å². The van der Waals surface area contributed by atoms with Crippen molar-refractivity contribution in [3.8, 4) is 33.4 Å². The summed E-state index contributed by atoms with van der Waals surface area (Å²) in [5.41, 5.74) is 28.6. The Morgan fingerprint density at radius 2 is 0.600 bits per heavy atom. The quantitative estimate of drug-likeness (QED) is 0.128. The van der Waals surface area contributed by atoms with E-state index in [9.17, 15) is 0 Å². The fraction of sp³-hybridized carbons (Fsp3) is 0.195. The first-order chi connectivity index (χ1) is 43.1. The molecule has 3 heteroatoms. The normalized spacial score (nSPS) is 14.5. The van der Waals surface area contributed by atoms with Crippen LogP contribution in [0.5, 0.6) is 0 Å². The van der Waals surface area contributed by atoms with Gasteiger partial charge >= 0.3 is 0 Å². The average molecular weight is 1160 g/mol. The Kier molecular flexibility index (Phi) is 11.4. The fourth-order valence-corrected chi connectivity index (χ4v) is 16.1. The summed E-state index contributed by atoms with van der Waals surface area (Å²) >= 11 is 0. The van der Waals surface area contributed by atoms with Gasteiger partial charge in [-0.25, -0.2) is 0 Å². The summed E-state index contributed by atoms with van der Waals surface area (Å²) in [4.78, 5) is 5.39. The zero-order chi connectivity index (χ0) is 61.7. The van der Waals surface area contributed by atoms with E-state index < -0.39 is 5.41 Å². The zero-order valence-electron chi connectivity index (χ0n) is 54.0. The molecule has 0 saturated carbocycles. The summed E-state index contributed by atoms with van der Waals surface area (Å²) in [6.45, 7) is 28.4. The van der Waals surface area contributed by atoms with Crippen molar-refractivity contribution in [1.82, 2.24) is 0 Å². The molecule has 0 fully saturated rings. The van der Waals surface area contributed by atoms with Gasteiger partial charge in [0.25, 0.3) is 6.71 Å². The van der Waals surface area contributed by atoms with Crippen molar-refractivity contribution in [1.29, 1.82) is 0 Å². The molecule has 0 saturated heterocycles. The van der Waals surface area contributed by atoms with Gasteiger partial charge in [-0.15, -0.1) is 0 Å². The summed E-state index contributed by atoms with van der Waals surface area (Å²) in [6, 6.07) is 93.0. The average Bonchev–Trinajstić information content (AvgIpc) is 1.24. The standard InChI is InChI=1S/C87H75BN2/c1-83(2,3)62-46-63(84(4,5)6)49-66(48-62)89-78-42-59-37-54-25-15-13-23-52(54)35-57(59)40-76(78)88-77-41-58-36-53-24-14-16-26-55(53)38-60(58)43-79(77)90(67-50-64(85(7,8)9)47-65(51-67)86(10,11)12)81-45-61(44-80(89)82(81)88)56-33-34-75-71(39-56)70-29-19-22-32-74(70)87(75)72-30-20-17-27-68(72)69-28-18-21-31-73(69)87/h13-51H,1-12H3. The van der Waals surface area contributed by atoms with Gasteiger partial charge in [-0.3, -0.25) is 0 Å². The highest BCUT2D eigenvalue weighted by Crippen LogP contribution is 2.63. The van der Waals surface area contributed by atoms with Crippen molar-refractivity contribution in [2.24, 2.45) is 0 Å². The molecule has 0 bridgehead atoms. The Morgan fingerprint density at radius 3 is 0.978 bits per heavy atom. The van der Waals surface area contributed by atoms with Crippen LogP contribution in [0.25, 0.3) is 76.5 Å². The minimum absolute atomic E-state index is 0.122. The molecule has 2 nitrogen and oxygen atoms in total. The fourth-order valence-electron chi connectivity index (χ4n) is 16.1. The molecule has 17 rings (SSSR count). The Hall–Kier alpha value is -9.44. The number of rotatable bonds is 3. The molecule has 2 aliphatic heterocycles. The summed E-state index contributed by atoms with van der Waals surface area (Å²) < 4.78 is 0. The lowest BCUT2D eigenvalue weighted by Gasteiger charge is -2.45. The van der Waals surface area contributed by atoms with Crippen LogP contribution in [-0.2, 0) is 27.1 Å². The van der Waals surface area contributed by atoms with Crippen molar-refractivity contribution in [3.05, 3.63) is 281 Å². The second kappa shape index (κ2) is 18.8. The minimum atomic E-state index is -0.443. The van der Waals surface area contributed by atoms with Crippen LogP contribution in [0.15, 0.2) is 237 Å². The van der Waals surface area contributed by atoms with Crippen LogP contribution in [0, 0.1) is 0 Å². The molecule has 1 spiro atoms. The monoisotopic (exact) mass is 1160 g/mol. The van der Waals surface area contributed by atoms with E-state index in [1.165, 1.54) is 171 Å². The van der Waals surface area contributed by atoms with Crippen molar-refractivity contribution >= 4 is 100 Å². The minimum Gasteiger partial charge on any atom is -0.311 e. The second-order valence-electron chi connectivity index (χ2n) is 30.6. The molecule has 2 heterocycles. The first-order valence-corrected chi connectivity index (χ1v) is 32.6. The SMILES string of the molecule is CC(C)(C)c1cc(N2c3cc4cc5ccccc5cc4cc3B3c4cc5cc6ccccc6cc5cc4N(c4cc(C(C)(C)C)cc(C(C)(C)C)c4)c4cc(-c5ccc6c(c5)-c5ccccc5C65c6ccccc6-c6ccccc65)cc2c43)cc(C(C)(C)C)c1. The van der Waals surface area contributed by atoms with Crippen LogP contribution in [0.1, 0.15) is 128 Å². The molecule has 0 aromatic heterocycles. The Balaban J connectivity index is 1.02. The number of benzene rings is 13. The van der Waals surface area contributed by atoms with E-state index in [1.807, 2.05) is 0 Å². The predicted octanol–water partition coefficient (Wildman–Crippen LogP) is 21.6. The predicted molar refractivity (Wildman–Crippen MR) is 387 cm³/mol. The van der Waals surface area contributed by atoms with E-state index >= 15 is 0 Å². The lowest BCUT2D eigenvalue weighted by Crippen LogP contribution is -2.61. The van der Waals surface area contributed by atoms with E-state index in [1.54, 1.807) is 0 Å². The number of nitrogens with zero attached hydrogens (tertiary/aromatic N) is 2. The third-order valence-electron chi connectivity index (χ3n) is 20.9. The zero-order valence-corrected chi connectivity index (χ0v) is 54.0. The smallest absolute Gasteiger partial charge is 0.252 e. The lowest BCUT2D eigenvalue weighted by atomic mass is 9.33. The van der Waals surface area contributed by atoms with Crippen LogP contribution in [0.4, 0.5) is 34.1 Å². The molecule has 13 aromatic carbocycles. The highest BCUT2D eigenvalue weighted by molar-refractivity contribution is 7.00. The van der Waals surface area contributed by atoms with Gasteiger partial charge in [0.1, 0.15) is 0 Å². The summed E-state index contributed by atoms with van der Waals surface area (Å²) in [6.07, 6.45) is 0. The lowest BCUT2D eigenvalue weighted by molar-refractivity contribution is 0.568. The summed E-state index contributed by atoms with van der Waals surface area (Å²) in [5, 5.41) is 9.96. The summed E-state index contributed by atoms with van der Waals surface area (Å²) in [7, 11) is 0. The molecule has 4 aliphatic rings. The van der Waals surface area contributed by atoms with Crippen LogP contribution < -0.4 is 26.2 Å². The van der Waals surface area contributed by atoms with Crippen LogP contribution >= 0.6 is 0 Å². The van der Waals surface area contributed by atoms with Crippen molar-refractivity contribution in [3.63, 3.8) is 0 Å². The first-order valence-electron chi connectivity index (χ1n) is 32.6. The van der Waals surface area contributed by atoms with Gasteiger partial charge in [0.15, 0.2) is 0 Å². The van der Waals surface area contributed by atoms with E-state index in [2.05, 4.69) is 329 Å². The third-order valence-corrected chi connectivity index (χ3v) is 20.9. The van der Waals surface area contributed by atoms with Gasteiger partial charge < -0.3 is 9.80 Å². The van der Waals surface area contributed by atoms with Crippen LogP contribution in [0.3, 0.4) is 0 Å². The molecular formula is C87H75BN2. The van der Waals surface area contributed by atoms with Gasteiger partial charge in [0, 0.05) is 34.1 Å². The van der Waals surface area contributed by atoms with Gasteiger partial charge in [0.05, 0.1) is 5.41 Å². The van der Waals surface area contributed by atoms with Crippen molar-refractivity contribution in [2.45, 2.75) is 110 Å². The maximum absolute atomic E-state index is 2.70. The Morgan fingerprint density at radius 1 is 0.267 bits per heavy atom. The van der Waals surface area contributed by atoms with Crippen molar-refractivity contribution in [2.75, 3.05) is 9.80 Å². The molecule has 2 aliphatic carbocycles. The second-order valence-corrected chi connectivity index (χ2v) is 30.6. The largest absolute Gasteiger partial charge is 0.311 e. The molecule has 436 valence electrons. The number of hydrogen-bond donors (Lipinski definition) is 0. The van der Waals surface area contributed by atoms with Gasteiger partial charge in [0.2, 0.25) is 0 Å². The van der Waals surface area contributed by atoms with E-state index in [-0.39, 0.29) is 28.4 Å². The molecule has 0 unspecified atom stereocenters. The summed E-state index contributed by atoms with van der Waals surface area (Å²) in [5.74, 6) is 0. The highest BCUT2D eigenvalue weighted by Gasteiger charge is 2.52. The molecular weight excluding hydrogens is 1080 g/mol. The maximum atomic E-state index is 2.70. The Bertz CT molecular complexity index is 4920. The molecule has 0 radical (unpaired) electrons. The van der Waals surface area contributed by atoms with Gasteiger partial charge in [-0.2, -0.15) is 0 Å². The number of anilines is 6. The highest BCUT2D eigenvalue weighted by atomic mass is 15.2. The molecule has 0 N–H and O–H groups in total. The van der Waals surface area contributed by atoms with E-state index in [0.717, 1.165) is 0 Å². The molecule has 0 amide bonds. The van der Waals surface area contributed by atoms with E-state index in [4.69, 9.17) is 0 Å². The molecule has 0 atom stereocenters. The first kappa shape index (κ1) is 54.7. The van der Waals surface area contributed by atoms with E-state index in [0.29, 0.717) is 0 Å². The Labute approximate surface area is 531 Å². The molecule has 90 heavy (non-hydrogen) atoms. The van der Waals surface area contributed by atoms with Crippen LogP contribution in [-0.4, -0.2) is 6.71 Å². The number of fused-ring (bicyclic) bond motifs is 18. The molecule has 13 aromatic rings. The van der Waals surface area contributed by atoms with Crippen molar-refractivity contribution < 1.29 is 0 Å². The van der Waals surface area contributed by atoms with Gasteiger partial charge in [-0.1, -0.05) is 241 Å². The maximum Gasteiger partial charge on any atom is 0.252 e.